The number of hydrogen-bond donors (Lipinski definition) is 0. The second-order valence-corrected chi connectivity index (χ2v) is 7.30. The molecular formula is C20H22N2O4S. The zero-order chi connectivity index (χ0) is 19.2. The molecule has 6 nitrogen and oxygen atoms in total. The Bertz CT molecular complexity index is 848. The molecule has 2 aromatic rings. The molecule has 0 atom stereocenters. The molecule has 0 saturated carbocycles. The SMILES string of the molecule is COc1ccc(Sc2ccc([N+](=O)[O-])c(C=CN3CCCC3)c2)cc1OC. The van der Waals surface area contributed by atoms with E-state index in [-0.39, 0.29) is 10.6 Å². The van der Waals surface area contributed by atoms with Gasteiger partial charge in [-0.1, -0.05) is 11.8 Å². The first-order valence-corrected chi connectivity index (χ1v) is 9.53. The molecule has 0 spiro atoms. The third-order valence-electron chi connectivity index (χ3n) is 4.39. The lowest BCUT2D eigenvalue weighted by Gasteiger charge is -2.11. The van der Waals surface area contributed by atoms with E-state index in [1.807, 2.05) is 36.5 Å². The molecule has 1 aliphatic heterocycles. The van der Waals surface area contributed by atoms with Gasteiger partial charge >= 0.3 is 0 Å². The largest absolute Gasteiger partial charge is 0.493 e. The molecule has 0 aromatic heterocycles. The number of benzene rings is 2. The number of hydrogen-bond acceptors (Lipinski definition) is 6. The van der Waals surface area contributed by atoms with Crippen LogP contribution in [0, 0.1) is 10.1 Å². The molecule has 1 saturated heterocycles. The molecule has 1 aliphatic rings. The molecule has 0 aliphatic carbocycles. The molecule has 0 bridgehead atoms. The summed E-state index contributed by atoms with van der Waals surface area (Å²) in [4.78, 5) is 15.1. The lowest BCUT2D eigenvalue weighted by Crippen LogP contribution is -2.10. The van der Waals surface area contributed by atoms with Gasteiger partial charge in [-0.3, -0.25) is 10.1 Å². The zero-order valence-electron chi connectivity index (χ0n) is 15.4. The lowest BCUT2D eigenvalue weighted by molar-refractivity contribution is -0.385. The smallest absolute Gasteiger partial charge is 0.276 e. The summed E-state index contributed by atoms with van der Waals surface area (Å²) >= 11 is 1.52. The van der Waals surface area contributed by atoms with Crippen LogP contribution in [0.5, 0.6) is 11.5 Å². The number of rotatable bonds is 7. The Morgan fingerprint density at radius 1 is 1.04 bits per heavy atom. The first-order chi connectivity index (χ1) is 13.1. The highest BCUT2D eigenvalue weighted by Gasteiger charge is 2.14. The third-order valence-corrected chi connectivity index (χ3v) is 5.37. The summed E-state index contributed by atoms with van der Waals surface area (Å²) in [6.07, 6.45) is 6.13. The molecule has 0 radical (unpaired) electrons. The lowest BCUT2D eigenvalue weighted by atomic mass is 10.2. The summed E-state index contributed by atoms with van der Waals surface area (Å²) < 4.78 is 10.6. The van der Waals surface area contributed by atoms with Crippen LogP contribution in [0.2, 0.25) is 0 Å². The van der Waals surface area contributed by atoms with Gasteiger partial charge in [0.2, 0.25) is 0 Å². The van der Waals surface area contributed by atoms with Crippen LogP contribution in [0.3, 0.4) is 0 Å². The van der Waals surface area contributed by atoms with E-state index in [1.165, 1.54) is 24.6 Å². The molecule has 1 fully saturated rings. The summed E-state index contributed by atoms with van der Waals surface area (Å²) in [5, 5.41) is 11.4. The van der Waals surface area contributed by atoms with Crippen molar-refractivity contribution >= 4 is 23.5 Å². The van der Waals surface area contributed by atoms with Gasteiger partial charge in [0.15, 0.2) is 11.5 Å². The van der Waals surface area contributed by atoms with Gasteiger partial charge in [0.1, 0.15) is 0 Å². The second-order valence-electron chi connectivity index (χ2n) is 6.16. The van der Waals surface area contributed by atoms with Crippen molar-refractivity contribution in [3.05, 3.63) is 58.3 Å². The Morgan fingerprint density at radius 3 is 2.37 bits per heavy atom. The van der Waals surface area contributed by atoms with E-state index in [0.717, 1.165) is 22.9 Å². The van der Waals surface area contributed by atoms with Crippen molar-refractivity contribution < 1.29 is 14.4 Å². The Kier molecular flexibility index (Phi) is 6.24. The number of ether oxygens (including phenoxy) is 2. The van der Waals surface area contributed by atoms with Crippen LogP contribution in [0.15, 0.2) is 52.4 Å². The van der Waals surface area contributed by atoms with Crippen molar-refractivity contribution in [1.82, 2.24) is 4.90 Å². The fourth-order valence-electron chi connectivity index (χ4n) is 2.99. The highest BCUT2D eigenvalue weighted by Crippen LogP contribution is 2.36. The Balaban J connectivity index is 1.85. The normalized spacial score (nSPS) is 13.9. The van der Waals surface area contributed by atoms with E-state index in [2.05, 4.69) is 4.90 Å². The van der Waals surface area contributed by atoms with Gasteiger partial charge < -0.3 is 14.4 Å². The van der Waals surface area contributed by atoms with Gasteiger partial charge in [-0.15, -0.1) is 0 Å². The van der Waals surface area contributed by atoms with Crippen LogP contribution >= 0.6 is 11.8 Å². The van der Waals surface area contributed by atoms with Crippen LogP contribution in [0.4, 0.5) is 5.69 Å². The standard InChI is InChI=1S/C20H22N2O4S/c1-25-19-8-6-17(14-20(19)26-2)27-16-5-7-18(22(23)24)15(13-16)9-12-21-10-3-4-11-21/h5-9,12-14H,3-4,10-11H2,1-2H3. The molecule has 0 amide bonds. The molecule has 2 aromatic carbocycles. The van der Waals surface area contributed by atoms with Crippen molar-refractivity contribution in [1.29, 1.82) is 0 Å². The minimum Gasteiger partial charge on any atom is -0.493 e. The minimum atomic E-state index is -0.339. The van der Waals surface area contributed by atoms with Gasteiger partial charge in [-0.2, -0.15) is 0 Å². The van der Waals surface area contributed by atoms with Gasteiger partial charge in [-0.25, -0.2) is 0 Å². The van der Waals surface area contributed by atoms with Gasteiger partial charge in [0.05, 0.1) is 24.7 Å². The maximum atomic E-state index is 11.4. The van der Waals surface area contributed by atoms with Crippen LogP contribution in [0.25, 0.3) is 6.08 Å². The number of methoxy groups -OCH3 is 2. The van der Waals surface area contributed by atoms with Crippen LogP contribution in [0.1, 0.15) is 18.4 Å². The minimum absolute atomic E-state index is 0.113. The van der Waals surface area contributed by atoms with Crippen molar-refractivity contribution in [3.8, 4) is 11.5 Å². The Labute approximate surface area is 162 Å². The first-order valence-electron chi connectivity index (χ1n) is 8.71. The predicted molar refractivity (Wildman–Crippen MR) is 107 cm³/mol. The third kappa shape index (κ3) is 4.74. The number of nitrogens with zero attached hydrogens (tertiary/aromatic N) is 2. The van der Waals surface area contributed by atoms with Crippen LogP contribution in [-0.4, -0.2) is 37.1 Å². The molecule has 1 heterocycles. The summed E-state index contributed by atoms with van der Waals surface area (Å²) in [7, 11) is 3.19. The molecule has 7 heteroatoms. The summed E-state index contributed by atoms with van der Waals surface area (Å²) in [5.41, 5.74) is 0.722. The van der Waals surface area contributed by atoms with Gasteiger partial charge in [-0.05, 0) is 55.4 Å². The Morgan fingerprint density at radius 2 is 1.70 bits per heavy atom. The molecular weight excluding hydrogens is 364 g/mol. The molecule has 0 unspecified atom stereocenters. The van der Waals surface area contributed by atoms with Crippen molar-refractivity contribution in [2.75, 3.05) is 27.3 Å². The van der Waals surface area contributed by atoms with E-state index in [9.17, 15) is 10.1 Å². The average Bonchev–Trinajstić information content (AvgIpc) is 3.19. The van der Waals surface area contributed by atoms with Crippen LogP contribution in [-0.2, 0) is 0 Å². The van der Waals surface area contributed by atoms with Gasteiger partial charge in [0.25, 0.3) is 5.69 Å². The van der Waals surface area contributed by atoms with E-state index < -0.39 is 0 Å². The second kappa shape index (κ2) is 8.81. The fourth-order valence-corrected chi connectivity index (χ4v) is 3.88. The molecule has 0 N–H and O–H groups in total. The number of nitro groups is 1. The monoisotopic (exact) mass is 386 g/mol. The summed E-state index contributed by atoms with van der Waals surface area (Å²) in [5.74, 6) is 1.32. The molecule has 142 valence electrons. The molecule has 3 rings (SSSR count). The quantitative estimate of drug-likeness (QED) is 0.502. The Hall–Kier alpha value is -2.67. The van der Waals surface area contributed by atoms with Crippen molar-refractivity contribution in [2.24, 2.45) is 0 Å². The molecule has 27 heavy (non-hydrogen) atoms. The summed E-state index contributed by atoms with van der Waals surface area (Å²) in [6.45, 7) is 2.01. The maximum Gasteiger partial charge on any atom is 0.276 e. The fraction of sp³-hybridized carbons (Fsp3) is 0.300. The predicted octanol–water partition coefficient (Wildman–Crippen LogP) is 4.83. The number of likely N-dealkylation sites (tertiary alicyclic amines) is 1. The van der Waals surface area contributed by atoms with E-state index >= 15 is 0 Å². The topological polar surface area (TPSA) is 64.8 Å². The van der Waals surface area contributed by atoms with Crippen LogP contribution < -0.4 is 9.47 Å². The van der Waals surface area contributed by atoms with Gasteiger partial charge in [0, 0.05) is 28.9 Å². The maximum absolute atomic E-state index is 11.4. The van der Waals surface area contributed by atoms with Crippen molar-refractivity contribution in [3.63, 3.8) is 0 Å². The zero-order valence-corrected chi connectivity index (χ0v) is 16.2. The first kappa shape index (κ1) is 19.1. The number of nitro benzene ring substituents is 1. The highest BCUT2D eigenvalue weighted by molar-refractivity contribution is 7.99. The van der Waals surface area contributed by atoms with Crippen molar-refractivity contribution in [2.45, 2.75) is 22.6 Å². The van der Waals surface area contributed by atoms with E-state index in [0.29, 0.717) is 17.1 Å². The average molecular weight is 386 g/mol. The highest BCUT2D eigenvalue weighted by atomic mass is 32.2. The summed E-state index contributed by atoms with van der Waals surface area (Å²) in [6, 6.07) is 10.9. The van der Waals surface area contributed by atoms with E-state index in [1.54, 1.807) is 26.4 Å². The van der Waals surface area contributed by atoms with E-state index in [4.69, 9.17) is 9.47 Å².